The molecule has 1 aliphatic heterocycles. The number of aryl methyl sites for hydroxylation is 1. The van der Waals surface area contributed by atoms with Gasteiger partial charge in [0, 0.05) is 6.54 Å². The van der Waals surface area contributed by atoms with Gasteiger partial charge in [-0.3, -0.25) is 10.1 Å². The van der Waals surface area contributed by atoms with E-state index in [-0.39, 0.29) is 12.1 Å². The molecule has 0 bridgehead atoms. The number of carbonyl (C=O) groups excluding carboxylic acids is 1. The fourth-order valence-corrected chi connectivity index (χ4v) is 3.67. The van der Waals surface area contributed by atoms with Crippen molar-refractivity contribution < 1.29 is 4.79 Å². The lowest BCUT2D eigenvalue weighted by Gasteiger charge is -2.32. The molecule has 1 saturated carbocycles. The molecule has 0 spiro atoms. The Morgan fingerprint density at radius 2 is 2.00 bits per heavy atom. The molecule has 1 aromatic carbocycles. The van der Waals surface area contributed by atoms with Crippen molar-refractivity contribution in [2.24, 2.45) is 11.8 Å². The number of amides is 1. The molecule has 3 nitrogen and oxygen atoms in total. The monoisotopic (exact) mass is 286 g/mol. The fourth-order valence-electron chi connectivity index (χ4n) is 3.67. The van der Waals surface area contributed by atoms with E-state index in [4.69, 9.17) is 0 Å². The zero-order valence-corrected chi connectivity index (χ0v) is 13.1. The first kappa shape index (κ1) is 14.6. The first-order valence-electron chi connectivity index (χ1n) is 8.23. The van der Waals surface area contributed by atoms with Crippen LogP contribution < -0.4 is 5.32 Å². The molecule has 3 heteroatoms. The Labute approximate surface area is 127 Å². The molecule has 21 heavy (non-hydrogen) atoms. The molecule has 1 atom stereocenters. The van der Waals surface area contributed by atoms with Gasteiger partial charge in [0.25, 0.3) is 0 Å². The number of carbonyl (C=O) groups is 1. The van der Waals surface area contributed by atoms with Crippen molar-refractivity contribution in [2.45, 2.75) is 45.7 Å². The molecular formula is C18H26N2O. The summed E-state index contributed by atoms with van der Waals surface area (Å²) in [5.74, 6) is 1.79. The van der Waals surface area contributed by atoms with Crippen molar-refractivity contribution >= 4 is 5.91 Å². The highest BCUT2D eigenvalue weighted by atomic mass is 16.2. The number of nitrogens with one attached hydrogen (secondary N) is 1. The molecule has 1 aliphatic carbocycles. The van der Waals surface area contributed by atoms with Gasteiger partial charge in [-0.1, -0.05) is 49.6 Å². The second-order valence-corrected chi connectivity index (χ2v) is 6.87. The van der Waals surface area contributed by atoms with Gasteiger partial charge in [0.05, 0.1) is 6.54 Å². The highest BCUT2D eigenvalue weighted by molar-refractivity contribution is 5.81. The molecule has 2 aliphatic rings. The average molecular weight is 286 g/mol. The van der Waals surface area contributed by atoms with Crippen LogP contribution in [0.5, 0.6) is 0 Å². The molecule has 1 saturated heterocycles. The second-order valence-electron chi connectivity index (χ2n) is 6.87. The van der Waals surface area contributed by atoms with Crippen molar-refractivity contribution in [1.29, 1.82) is 0 Å². The predicted octanol–water partition coefficient (Wildman–Crippen LogP) is 3.25. The summed E-state index contributed by atoms with van der Waals surface area (Å²) >= 11 is 0. The van der Waals surface area contributed by atoms with Gasteiger partial charge in [-0.2, -0.15) is 0 Å². The smallest absolute Gasteiger partial charge is 0.238 e. The maximum absolute atomic E-state index is 12.2. The largest absolute Gasteiger partial charge is 0.322 e. The molecule has 2 fully saturated rings. The summed E-state index contributed by atoms with van der Waals surface area (Å²) in [6.07, 6.45) is 5.23. The standard InChI is InChI=1S/C18H26N2O/c1-13-6-8-15(9-7-13)12-20-17(21)11-19-18(20)16-5-3-4-14(2)10-16/h3-5,10,13,15,18-19H,6-9,11-12H2,1-2H3. The van der Waals surface area contributed by atoms with Crippen LogP contribution in [0.25, 0.3) is 0 Å². The number of nitrogens with zero attached hydrogens (tertiary/aromatic N) is 1. The van der Waals surface area contributed by atoms with E-state index in [9.17, 15) is 4.79 Å². The van der Waals surface area contributed by atoms with E-state index >= 15 is 0 Å². The summed E-state index contributed by atoms with van der Waals surface area (Å²) < 4.78 is 0. The topological polar surface area (TPSA) is 32.3 Å². The van der Waals surface area contributed by atoms with Crippen molar-refractivity contribution in [3.8, 4) is 0 Å². The van der Waals surface area contributed by atoms with Crippen molar-refractivity contribution in [1.82, 2.24) is 10.2 Å². The Morgan fingerprint density at radius 1 is 1.24 bits per heavy atom. The van der Waals surface area contributed by atoms with Gasteiger partial charge in [0.1, 0.15) is 6.17 Å². The van der Waals surface area contributed by atoms with Gasteiger partial charge in [0.2, 0.25) is 5.91 Å². The molecule has 0 radical (unpaired) electrons. The van der Waals surface area contributed by atoms with Crippen LogP contribution in [0, 0.1) is 18.8 Å². The van der Waals surface area contributed by atoms with Crippen molar-refractivity contribution in [2.75, 3.05) is 13.1 Å². The zero-order chi connectivity index (χ0) is 14.8. The van der Waals surface area contributed by atoms with E-state index in [1.54, 1.807) is 0 Å². The number of hydrogen-bond acceptors (Lipinski definition) is 2. The SMILES string of the molecule is Cc1cccc(C2NCC(=O)N2CC2CCC(C)CC2)c1. The van der Waals surface area contributed by atoms with Gasteiger partial charge >= 0.3 is 0 Å². The first-order chi connectivity index (χ1) is 10.1. The van der Waals surface area contributed by atoms with E-state index in [1.165, 1.54) is 36.8 Å². The van der Waals surface area contributed by atoms with Gasteiger partial charge in [-0.15, -0.1) is 0 Å². The molecule has 1 N–H and O–H groups in total. The van der Waals surface area contributed by atoms with Gasteiger partial charge in [-0.25, -0.2) is 0 Å². The third kappa shape index (κ3) is 3.29. The lowest BCUT2D eigenvalue weighted by atomic mass is 9.82. The molecule has 1 unspecified atom stereocenters. The minimum absolute atomic E-state index is 0.0664. The molecular weight excluding hydrogens is 260 g/mol. The minimum Gasteiger partial charge on any atom is -0.322 e. The Morgan fingerprint density at radius 3 is 2.71 bits per heavy atom. The maximum atomic E-state index is 12.2. The van der Waals surface area contributed by atoms with Crippen LogP contribution in [0.4, 0.5) is 0 Å². The average Bonchev–Trinajstić information content (AvgIpc) is 2.83. The van der Waals surface area contributed by atoms with E-state index in [0.717, 1.165) is 12.5 Å². The summed E-state index contributed by atoms with van der Waals surface area (Å²) in [4.78, 5) is 14.3. The van der Waals surface area contributed by atoms with E-state index in [2.05, 4.69) is 48.3 Å². The lowest BCUT2D eigenvalue weighted by Crippen LogP contribution is -2.35. The molecule has 1 amide bonds. The molecule has 1 aromatic rings. The van der Waals surface area contributed by atoms with Crippen LogP contribution in [-0.4, -0.2) is 23.9 Å². The van der Waals surface area contributed by atoms with E-state index < -0.39 is 0 Å². The van der Waals surface area contributed by atoms with Gasteiger partial charge in [0.15, 0.2) is 0 Å². The quantitative estimate of drug-likeness (QED) is 0.925. The summed E-state index contributed by atoms with van der Waals surface area (Å²) in [5, 5.41) is 3.37. The van der Waals surface area contributed by atoms with Crippen LogP contribution >= 0.6 is 0 Å². The number of benzene rings is 1. The number of hydrogen-bond donors (Lipinski definition) is 1. The first-order valence-corrected chi connectivity index (χ1v) is 8.23. The predicted molar refractivity (Wildman–Crippen MR) is 84.8 cm³/mol. The van der Waals surface area contributed by atoms with E-state index in [1.807, 2.05) is 0 Å². The summed E-state index contributed by atoms with van der Waals surface area (Å²) in [6, 6.07) is 8.49. The van der Waals surface area contributed by atoms with Crippen LogP contribution in [0.1, 0.15) is 49.9 Å². The Bertz CT molecular complexity index is 506. The van der Waals surface area contributed by atoms with Gasteiger partial charge in [-0.05, 0) is 37.2 Å². The molecule has 114 valence electrons. The number of rotatable bonds is 3. The highest BCUT2D eigenvalue weighted by Gasteiger charge is 2.33. The molecule has 0 aromatic heterocycles. The summed E-state index contributed by atoms with van der Waals surface area (Å²) in [7, 11) is 0. The normalized spacial score (nSPS) is 29.9. The molecule has 1 heterocycles. The Hall–Kier alpha value is -1.35. The van der Waals surface area contributed by atoms with Crippen LogP contribution in [0.15, 0.2) is 24.3 Å². The fraction of sp³-hybridized carbons (Fsp3) is 0.611. The van der Waals surface area contributed by atoms with Gasteiger partial charge < -0.3 is 4.90 Å². The summed E-state index contributed by atoms with van der Waals surface area (Å²) in [5.41, 5.74) is 2.46. The summed E-state index contributed by atoms with van der Waals surface area (Å²) in [6.45, 7) is 5.83. The Kier molecular flexibility index (Phi) is 4.29. The van der Waals surface area contributed by atoms with Crippen LogP contribution in [-0.2, 0) is 4.79 Å². The lowest BCUT2D eigenvalue weighted by molar-refractivity contribution is -0.128. The zero-order valence-electron chi connectivity index (χ0n) is 13.1. The van der Waals surface area contributed by atoms with Crippen molar-refractivity contribution in [3.05, 3.63) is 35.4 Å². The van der Waals surface area contributed by atoms with Crippen LogP contribution in [0.2, 0.25) is 0 Å². The Balaban J connectivity index is 1.71. The van der Waals surface area contributed by atoms with Crippen molar-refractivity contribution in [3.63, 3.8) is 0 Å². The minimum atomic E-state index is 0.0664. The molecule has 3 rings (SSSR count). The third-order valence-electron chi connectivity index (χ3n) is 5.03. The van der Waals surface area contributed by atoms with E-state index in [0.29, 0.717) is 12.5 Å². The maximum Gasteiger partial charge on any atom is 0.238 e. The van der Waals surface area contributed by atoms with Crippen LogP contribution in [0.3, 0.4) is 0 Å². The highest BCUT2D eigenvalue weighted by Crippen LogP contribution is 2.32. The second kappa shape index (κ2) is 6.18. The third-order valence-corrected chi connectivity index (χ3v) is 5.03.